The van der Waals surface area contributed by atoms with Crippen LogP contribution < -0.4 is 0 Å². The highest BCUT2D eigenvalue weighted by molar-refractivity contribution is 7.86. The van der Waals surface area contributed by atoms with Gasteiger partial charge in [0.05, 0.1) is 11.7 Å². The summed E-state index contributed by atoms with van der Waals surface area (Å²) in [7, 11) is -4.16. The highest BCUT2D eigenvalue weighted by Gasteiger charge is 2.13. The first kappa shape index (κ1) is 8.21. The van der Waals surface area contributed by atoms with E-state index in [0.717, 1.165) is 0 Å². The zero-order valence-electron chi connectivity index (χ0n) is 6.43. The van der Waals surface area contributed by atoms with Crippen molar-refractivity contribution in [1.82, 2.24) is 10.2 Å². The molecular formula is C7H6N2O3S. The first-order valence-corrected chi connectivity index (χ1v) is 4.92. The lowest BCUT2D eigenvalue weighted by molar-refractivity contribution is 0.484. The van der Waals surface area contributed by atoms with Crippen molar-refractivity contribution in [2.24, 2.45) is 0 Å². The van der Waals surface area contributed by atoms with Crippen molar-refractivity contribution in [2.75, 3.05) is 0 Å². The molecule has 2 rings (SSSR count). The van der Waals surface area contributed by atoms with E-state index < -0.39 is 10.1 Å². The number of hydrogen-bond donors (Lipinski definition) is 2. The summed E-state index contributed by atoms with van der Waals surface area (Å²) in [6, 6.07) is 4.54. The molecule has 1 aromatic heterocycles. The summed E-state index contributed by atoms with van der Waals surface area (Å²) >= 11 is 0. The fraction of sp³-hybridized carbons (Fsp3) is 0. The molecule has 6 heteroatoms. The van der Waals surface area contributed by atoms with Crippen LogP contribution in [0.5, 0.6) is 0 Å². The van der Waals surface area contributed by atoms with Gasteiger partial charge in [0.1, 0.15) is 4.90 Å². The summed E-state index contributed by atoms with van der Waals surface area (Å²) in [5.74, 6) is 0. The van der Waals surface area contributed by atoms with Gasteiger partial charge in [-0.3, -0.25) is 9.65 Å². The van der Waals surface area contributed by atoms with Crippen molar-refractivity contribution in [2.45, 2.75) is 4.90 Å². The second kappa shape index (κ2) is 2.54. The highest BCUT2D eigenvalue weighted by Crippen LogP contribution is 2.19. The molecule has 2 aromatic rings. The molecule has 0 aliphatic heterocycles. The second-order valence-corrected chi connectivity index (χ2v) is 3.95. The Bertz CT molecular complexity index is 544. The van der Waals surface area contributed by atoms with Crippen LogP contribution in [0.2, 0.25) is 0 Å². The van der Waals surface area contributed by atoms with Crippen molar-refractivity contribution in [1.29, 1.82) is 0 Å². The molecule has 0 atom stereocenters. The third-order valence-corrected chi connectivity index (χ3v) is 2.63. The first-order chi connectivity index (χ1) is 6.09. The third kappa shape index (κ3) is 1.30. The molecule has 68 valence electrons. The predicted molar refractivity (Wildman–Crippen MR) is 45.9 cm³/mol. The Morgan fingerprint density at radius 2 is 2.15 bits per heavy atom. The van der Waals surface area contributed by atoms with Crippen LogP contribution in [0.1, 0.15) is 0 Å². The molecule has 2 N–H and O–H groups in total. The summed E-state index contributed by atoms with van der Waals surface area (Å²) in [4.78, 5) is -0.126. The number of aromatic amines is 1. The molecule has 0 aliphatic carbocycles. The van der Waals surface area contributed by atoms with E-state index in [1.807, 2.05) is 0 Å². The maximum Gasteiger partial charge on any atom is 0.295 e. The van der Waals surface area contributed by atoms with E-state index in [1.54, 1.807) is 6.07 Å². The summed E-state index contributed by atoms with van der Waals surface area (Å²) in [5.41, 5.74) is 0.579. The van der Waals surface area contributed by atoms with Crippen LogP contribution in [0, 0.1) is 0 Å². The zero-order valence-corrected chi connectivity index (χ0v) is 7.25. The molecule has 0 radical (unpaired) electrons. The maximum absolute atomic E-state index is 10.9. The van der Waals surface area contributed by atoms with Crippen molar-refractivity contribution >= 4 is 21.0 Å². The molecule has 0 fully saturated rings. The third-order valence-electron chi connectivity index (χ3n) is 1.72. The van der Waals surface area contributed by atoms with Gasteiger partial charge in [-0.25, -0.2) is 0 Å². The number of nitrogens with one attached hydrogen (secondary N) is 1. The van der Waals surface area contributed by atoms with E-state index in [1.165, 1.54) is 18.3 Å². The molecule has 0 amide bonds. The lowest BCUT2D eigenvalue weighted by Gasteiger charge is -1.96. The van der Waals surface area contributed by atoms with Crippen LogP contribution in [0.15, 0.2) is 29.3 Å². The van der Waals surface area contributed by atoms with Gasteiger partial charge in [-0.05, 0) is 12.1 Å². The Morgan fingerprint density at radius 3 is 2.85 bits per heavy atom. The molecule has 0 unspecified atom stereocenters. The predicted octanol–water partition coefficient (Wildman–Crippen LogP) is 0.810. The Kier molecular flexibility index (Phi) is 1.61. The fourth-order valence-corrected chi connectivity index (χ4v) is 1.86. The van der Waals surface area contributed by atoms with Gasteiger partial charge in [-0.2, -0.15) is 13.5 Å². The minimum absolute atomic E-state index is 0.126. The Balaban J connectivity index is 2.91. The van der Waals surface area contributed by atoms with Crippen LogP contribution in [0.4, 0.5) is 0 Å². The van der Waals surface area contributed by atoms with Gasteiger partial charge in [0, 0.05) is 5.39 Å². The number of H-pyrrole nitrogens is 1. The molecule has 0 spiro atoms. The zero-order chi connectivity index (χ0) is 9.47. The van der Waals surface area contributed by atoms with Crippen LogP contribution in [0.3, 0.4) is 0 Å². The average Bonchev–Trinajstić information content (AvgIpc) is 2.48. The number of fused-ring (bicyclic) bond motifs is 1. The molecule has 13 heavy (non-hydrogen) atoms. The topological polar surface area (TPSA) is 83.0 Å². The summed E-state index contributed by atoms with van der Waals surface area (Å²) in [6.45, 7) is 0. The fourth-order valence-electron chi connectivity index (χ4n) is 1.17. The van der Waals surface area contributed by atoms with E-state index >= 15 is 0 Å². The van der Waals surface area contributed by atoms with E-state index in [0.29, 0.717) is 10.9 Å². The van der Waals surface area contributed by atoms with Crippen LogP contribution in [0.25, 0.3) is 10.9 Å². The maximum atomic E-state index is 10.9. The Labute approximate surface area is 74.1 Å². The van der Waals surface area contributed by atoms with Crippen molar-refractivity contribution in [3.63, 3.8) is 0 Å². The van der Waals surface area contributed by atoms with Gasteiger partial charge in [0.15, 0.2) is 0 Å². The van der Waals surface area contributed by atoms with Crippen LogP contribution in [-0.4, -0.2) is 23.2 Å². The lowest BCUT2D eigenvalue weighted by atomic mass is 10.3. The smallest absolute Gasteiger partial charge is 0.282 e. The molecule has 0 saturated heterocycles. The van der Waals surface area contributed by atoms with E-state index in [4.69, 9.17) is 4.55 Å². The Hall–Kier alpha value is -1.40. The van der Waals surface area contributed by atoms with E-state index in [9.17, 15) is 8.42 Å². The molecule has 0 bridgehead atoms. The number of aromatic nitrogens is 2. The minimum atomic E-state index is -4.16. The van der Waals surface area contributed by atoms with Crippen LogP contribution in [-0.2, 0) is 10.1 Å². The van der Waals surface area contributed by atoms with E-state index in [-0.39, 0.29) is 4.90 Å². The quantitative estimate of drug-likeness (QED) is 0.664. The largest absolute Gasteiger partial charge is 0.295 e. The van der Waals surface area contributed by atoms with Gasteiger partial charge in [-0.1, -0.05) is 6.07 Å². The second-order valence-electron chi connectivity index (χ2n) is 2.56. The van der Waals surface area contributed by atoms with Gasteiger partial charge >= 0.3 is 0 Å². The molecule has 5 nitrogen and oxygen atoms in total. The van der Waals surface area contributed by atoms with Crippen molar-refractivity contribution < 1.29 is 13.0 Å². The van der Waals surface area contributed by atoms with Crippen molar-refractivity contribution in [3.8, 4) is 0 Å². The van der Waals surface area contributed by atoms with Crippen LogP contribution >= 0.6 is 0 Å². The monoisotopic (exact) mass is 198 g/mol. The van der Waals surface area contributed by atoms with Crippen molar-refractivity contribution in [3.05, 3.63) is 24.4 Å². The van der Waals surface area contributed by atoms with Gasteiger partial charge in [0.25, 0.3) is 10.1 Å². The number of benzene rings is 1. The number of nitrogens with zero attached hydrogens (tertiary/aromatic N) is 1. The molecule has 0 saturated carbocycles. The standard InChI is InChI=1S/C7H6N2O3S/c10-13(11,12)7-3-1-2-6-5(7)4-8-9-6/h1-4H,(H,8,9)(H,10,11,12). The molecule has 1 heterocycles. The number of rotatable bonds is 1. The summed E-state index contributed by atoms with van der Waals surface area (Å²) < 4.78 is 30.6. The molecular weight excluding hydrogens is 192 g/mol. The lowest BCUT2D eigenvalue weighted by Crippen LogP contribution is -1.97. The summed E-state index contributed by atoms with van der Waals surface area (Å²) in [6.07, 6.45) is 1.36. The normalized spacial score (nSPS) is 12.1. The average molecular weight is 198 g/mol. The summed E-state index contributed by atoms with van der Waals surface area (Å²) in [5, 5.41) is 6.67. The molecule has 1 aromatic carbocycles. The van der Waals surface area contributed by atoms with Gasteiger partial charge in [0.2, 0.25) is 0 Å². The minimum Gasteiger partial charge on any atom is -0.282 e. The first-order valence-electron chi connectivity index (χ1n) is 3.48. The highest BCUT2D eigenvalue weighted by atomic mass is 32.2. The van der Waals surface area contributed by atoms with Gasteiger partial charge < -0.3 is 0 Å². The number of hydrogen-bond acceptors (Lipinski definition) is 3. The SMILES string of the molecule is O=S(=O)(O)c1cccc2[nH]ncc12. The Morgan fingerprint density at radius 1 is 1.38 bits per heavy atom. The van der Waals surface area contributed by atoms with E-state index in [2.05, 4.69) is 10.2 Å². The molecule has 0 aliphatic rings. The van der Waals surface area contributed by atoms with Gasteiger partial charge in [-0.15, -0.1) is 0 Å².